The van der Waals surface area contributed by atoms with E-state index in [4.69, 9.17) is 10.5 Å². The van der Waals surface area contributed by atoms with Gasteiger partial charge < -0.3 is 10.5 Å². The summed E-state index contributed by atoms with van der Waals surface area (Å²) in [4.78, 5) is 0.346. The Morgan fingerprint density at radius 2 is 2.00 bits per heavy atom. The van der Waals surface area contributed by atoms with Crippen molar-refractivity contribution < 1.29 is 13.2 Å². The van der Waals surface area contributed by atoms with Crippen LogP contribution in [0.2, 0.25) is 0 Å². The van der Waals surface area contributed by atoms with E-state index >= 15 is 0 Å². The molecule has 1 heterocycles. The van der Waals surface area contributed by atoms with Gasteiger partial charge in [-0.25, -0.2) is 8.42 Å². The summed E-state index contributed by atoms with van der Waals surface area (Å²) in [5.41, 5.74) is 6.38. The second kappa shape index (κ2) is 6.04. The van der Waals surface area contributed by atoms with Gasteiger partial charge in [0.1, 0.15) is 0 Å². The van der Waals surface area contributed by atoms with E-state index in [9.17, 15) is 8.42 Å². The number of hydrogen-bond donors (Lipinski definition) is 1. The summed E-state index contributed by atoms with van der Waals surface area (Å²) in [6, 6.07) is 6.99. The van der Waals surface area contributed by atoms with E-state index in [-0.39, 0.29) is 18.7 Å². The molecule has 2 fully saturated rings. The summed E-state index contributed by atoms with van der Waals surface area (Å²) in [6.07, 6.45) is 4.07. The van der Waals surface area contributed by atoms with Crippen LogP contribution >= 0.6 is 0 Å². The molecule has 0 aromatic heterocycles. The molecule has 21 heavy (non-hydrogen) atoms. The van der Waals surface area contributed by atoms with Gasteiger partial charge in [-0.2, -0.15) is 4.31 Å². The van der Waals surface area contributed by atoms with Crippen LogP contribution < -0.4 is 5.73 Å². The molecule has 0 spiro atoms. The van der Waals surface area contributed by atoms with Gasteiger partial charge in [-0.3, -0.25) is 0 Å². The number of nitrogens with zero attached hydrogens (tertiary/aromatic N) is 1. The Balaban J connectivity index is 1.96. The molecular weight excluding hydrogens is 288 g/mol. The van der Waals surface area contributed by atoms with Crippen LogP contribution in [0.15, 0.2) is 29.2 Å². The molecule has 2 aliphatic rings. The SMILES string of the molecule is NCc1ccccc1S(=O)(=O)N1CCOC2CCCCC21. The predicted molar refractivity (Wildman–Crippen MR) is 80.2 cm³/mol. The Morgan fingerprint density at radius 1 is 1.24 bits per heavy atom. The first-order valence-corrected chi connectivity index (χ1v) is 9.00. The molecule has 2 unspecified atom stereocenters. The van der Waals surface area contributed by atoms with Crippen LogP contribution in [0.4, 0.5) is 0 Å². The number of sulfonamides is 1. The van der Waals surface area contributed by atoms with Crippen LogP contribution in [0.25, 0.3) is 0 Å². The van der Waals surface area contributed by atoms with Crippen LogP contribution in [0.5, 0.6) is 0 Å². The molecule has 1 saturated heterocycles. The Morgan fingerprint density at radius 3 is 2.81 bits per heavy atom. The van der Waals surface area contributed by atoms with Crippen molar-refractivity contribution in [2.24, 2.45) is 5.73 Å². The molecule has 0 amide bonds. The fourth-order valence-electron chi connectivity index (χ4n) is 3.41. The number of nitrogens with two attached hydrogens (primary N) is 1. The van der Waals surface area contributed by atoms with Crippen molar-refractivity contribution in [1.82, 2.24) is 4.31 Å². The first-order valence-electron chi connectivity index (χ1n) is 7.56. The maximum Gasteiger partial charge on any atom is 0.243 e. The fraction of sp³-hybridized carbons (Fsp3) is 0.600. The second-order valence-corrected chi connectivity index (χ2v) is 7.55. The third-order valence-electron chi connectivity index (χ3n) is 4.46. The minimum Gasteiger partial charge on any atom is -0.375 e. The average Bonchev–Trinajstić information content (AvgIpc) is 2.54. The van der Waals surface area contributed by atoms with E-state index < -0.39 is 10.0 Å². The summed E-state index contributed by atoms with van der Waals surface area (Å²) in [5, 5.41) is 0. The first kappa shape index (κ1) is 15.0. The van der Waals surface area contributed by atoms with Crippen molar-refractivity contribution >= 4 is 10.0 Å². The van der Waals surface area contributed by atoms with Gasteiger partial charge in [0.05, 0.1) is 23.6 Å². The highest BCUT2D eigenvalue weighted by atomic mass is 32.2. The Bertz CT molecular complexity index is 601. The number of morpholine rings is 1. The molecule has 1 aliphatic carbocycles. The number of rotatable bonds is 3. The molecule has 6 heteroatoms. The predicted octanol–water partition coefficient (Wildman–Crippen LogP) is 1.48. The van der Waals surface area contributed by atoms with Crippen molar-refractivity contribution in [1.29, 1.82) is 0 Å². The van der Waals surface area contributed by atoms with E-state index in [1.807, 2.05) is 6.07 Å². The number of ether oxygens (including phenoxy) is 1. The maximum atomic E-state index is 13.0. The fourth-order valence-corrected chi connectivity index (χ4v) is 5.31. The van der Waals surface area contributed by atoms with Crippen LogP contribution in [-0.2, 0) is 21.3 Å². The normalized spacial score (nSPS) is 27.3. The molecule has 116 valence electrons. The van der Waals surface area contributed by atoms with Gasteiger partial charge in [-0.1, -0.05) is 31.0 Å². The molecule has 2 N–H and O–H groups in total. The number of benzene rings is 1. The molecule has 1 aliphatic heterocycles. The van der Waals surface area contributed by atoms with E-state index in [1.54, 1.807) is 22.5 Å². The van der Waals surface area contributed by atoms with Gasteiger partial charge in [-0.15, -0.1) is 0 Å². The molecule has 5 nitrogen and oxygen atoms in total. The lowest BCUT2D eigenvalue weighted by atomic mass is 9.91. The molecule has 1 aromatic carbocycles. The zero-order chi connectivity index (χ0) is 14.9. The topological polar surface area (TPSA) is 72.6 Å². The molecule has 2 atom stereocenters. The van der Waals surface area contributed by atoms with Gasteiger partial charge in [-0.05, 0) is 24.5 Å². The smallest absolute Gasteiger partial charge is 0.243 e. The highest BCUT2D eigenvalue weighted by molar-refractivity contribution is 7.89. The van der Waals surface area contributed by atoms with Crippen molar-refractivity contribution in [3.8, 4) is 0 Å². The number of hydrogen-bond acceptors (Lipinski definition) is 4. The average molecular weight is 310 g/mol. The molecule has 0 bridgehead atoms. The van der Waals surface area contributed by atoms with Gasteiger partial charge in [0, 0.05) is 13.1 Å². The highest BCUT2D eigenvalue weighted by Crippen LogP contribution is 2.33. The minimum atomic E-state index is -3.50. The van der Waals surface area contributed by atoms with E-state index in [0.717, 1.165) is 25.7 Å². The first-order chi connectivity index (χ1) is 10.1. The summed E-state index contributed by atoms with van der Waals surface area (Å²) in [7, 11) is -3.50. The van der Waals surface area contributed by atoms with E-state index in [2.05, 4.69) is 0 Å². The third-order valence-corrected chi connectivity index (χ3v) is 6.49. The van der Waals surface area contributed by atoms with Gasteiger partial charge >= 0.3 is 0 Å². The lowest BCUT2D eigenvalue weighted by Crippen LogP contribution is -2.54. The molecule has 0 radical (unpaired) electrons. The quantitative estimate of drug-likeness (QED) is 0.918. The lowest BCUT2D eigenvalue weighted by molar-refractivity contribution is -0.0586. The van der Waals surface area contributed by atoms with E-state index in [1.165, 1.54) is 0 Å². The van der Waals surface area contributed by atoms with Crippen LogP contribution in [0.3, 0.4) is 0 Å². The van der Waals surface area contributed by atoms with Gasteiger partial charge in [0.15, 0.2) is 0 Å². The highest BCUT2D eigenvalue weighted by Gasteiger charge is 2.41. The van der Waals surface area contributed by atoms with Crippen LogP contribution in [-0.4, -0.2) is 38.0 Å². The third kappa shape index (κ3) is 2.73. The van der Waals surface area contributed by atoms with Crippen molar-refractivity contribution in [2.45, 2.75) is 49.3 Å². The summed E-state index contributed by atoms with van der Waals surface area (Å²) in [5.74, 6) is 0. The molecular formula is C15H22N2O3S. The maximum absolute atomic E-state index is 13.0. The van der Waals surface area contributed by atoms with Crippen molar-refractivity contribution in [3.63, 3.8) is 0 Å². The Kier molecular flexibility index (Phi) is 4.31. The summed E-state index contributed by atoms with van der Waals surface area (Å²) in [6.45, 7) is 1.14. The van der Waals surface area contributed by atoms with Gasteiger partial charge in [0.2, 0.25) is 10.0 Å². The number of fused-ring (bicyclic) bond motifs is 1. The zero-order valence-electron chi connectivity index (χ0n) is 12.1. The van der Waals surface area contributed by atoms with Gasteiger partial charge in [0.25, 0.3) is 0 Å². The van der Waals surface area contributed by atoms with Crippen LogP contribution in [0, 0.1) is 0 Å². The molecule has 1 aromatic rings. The monoisotopic (exact) mass is 310 g/mol. The largest absolute Gasteiger partial charge is 0.375 e. The molecule has 1 saturated carbocycles. The lowest BCUT2D eigenvalue weighted by Gasteiger charge is -2.42. The van der Waals surface area contributed by atoms with E-state index in [0.29, 0.717) is 23.6 Å². The van der Waals surface area contributed by atoms with Crippen molar-refractivity contribution in [3.05, 3.63) is 29.8 Å². The standard InChI is InChI=1S/C15H22N2O3S/c16-11-12-5-1-4-8-15(12)21(18,19)17-9-10-20-14-7-3-2-6-13(14)17/h1,4-5,8,13-14H,2-3,6-7,9-11,16H2. The Hall–Kier alpha value is -0.950. The molecule has 3 rings (SSSR count). The minimum absolute atomic E-state index is 0.0247. The van der Waals surface area contributed by atoms with Crippen LogP contribution in [0.1, 0.15) is 31.2 Å². The zero-order valence-corrected chi connectivity index (χ0v) is 12.9. The summed E-state index contributed by atoms with van der Waals surface area (Å²) >= 11 is 0. The second-order valence-electron chi connectivity index (χ2n) is 5.69. The summed E-state index contributed by atoms with van der Waals surface area (Å²) < 4.78 is 33.5. The Labute approximate surface area is 126 Å². The van der Waals surface area contributed by atoms with Crippen molar-refractivity contribution in [2.75, 3.05) is 13.2 Å².